The third kappa shape index (κ3) is 11.5. The van der Waals surface area contributed by atoms with Gasteiger partial charge in [-0.25, -0.2) is 0 Å². The Labute approximate surface area is 378 Å². The summed E-state index contributed by atoms with van der Waals surface area (Å²) < 4.78 is 21.2. The van der Waals surface area contributed by atoms with Gasteiger partial charge >= 0.3 is 11.9 Å². The van der Waals surface area contributed by atoms with E-state index < -0.39 is 0 Å². The predicted molar refractivity (Wildman–Crippen MR) is 261 cm³/mol. The highest BCUT2D eigenvalue weighted by Gasteiger charge is 2.25. The molecule has 0 fully saturated rings. The Morgan fingerprint density at radius 2 is 0.906 bits per heavy atom. The minimum Gasteiger partial charge on any atom is -0.497 e. The fourth-order valence-electron chi connectivity index (χ4n) is 7.43. The highest BCUT2D eigenvalue weighted by molar-refractivity contribution is 5.92. The van der Waals surface area contributed by atoms with Crippen molar-refractivity contribution in [1.29, 1.82) is 0 Å². The predicted octanol–water partition coefficient (Wildman–Crippen LogP) is 13.9. The molecule has 7 aromatic carbocycles. The average Bonchev–Trinajstić information content (AvgIpc) is 3.28. The van der Waals surface area contributed by atoms with Crippen LogP contribution in [0.25, 0.3) is 11.6 Å². The van der Waals surface area contributed by atoms with E-state index in [1.807, 2.05) is 68.4 Å². The number of aryl methyl sites for hydroxylation is 4. The number of carbonyl (C=O) groups excluding carboxylic acids is 2. The van der Waals surface area contributed by atoms with Gasteiger partial charge in [0.15, 0.2) is 0 Å². The quantitative estimate of drug-likeness (QED) is 0.0688. The average molecular weight is 852 g/mol. The van der Waals surface area contributed by atoms with Crippen LogP contribution in [-0.2, 0) is 15.0 Å². The van der Waals surface area contributed by atoms with Gasteiger partial charge < -0.3 is 23.8 Å². The van der Waals surface area contributed by atoms with Crippen molar-refractivity contribution in [2.45, 2.75) is 60.8 Å². The number of hydrogen-bond donors (Lipinski definition) is 0. The zero-order chi connectivity index (χ0) is 46.0. The second kappa shape index (κ2) is 20.7. The fourth-order valence-corrected chi connectivity index (χ4v) is 7.43. The monoisotopic (exact) mass is 851 g/mol. The maximum atomic E-state index is 11.4. The first-order valence-corrected chi connectivity index (χ1v) is 21.3. The number of esters is 2. The van der Waals surface area contributed by atoms with Crippen LogP contribution in [0.2, 0.25) is 0 Å². The molecule has 7 rings (SSSR count). The van der Waals surface area contributed by atoms with Crippen LogP contribution in [-0.4, -0.2) is 26.2 Å². The van der Waals surface area contributed by atoms with Crippen LogP contribution in [0.15, 0.2) is 158 Å². The first-order chi connectivity index (χ1) is 30.6. The molecule has 7 heteroatoms. The molecule has 0 radical (unpaired) electrons. The molecular formula is C57H57NO6. The van der Waals surface area contributed by atoms with Crippen molar-refractivity contribution in [3.63, 3.8) is 0 Å². The molecule has 0 aliphatic carbocycles. The number of rotatable bonds is 12. The number of methoxy groups -OCH3 is 2. The second-order valence-corrected chi connectivity index (χ2v) is 16.4. The molecule has 7 aromatic rings. The number of nitrogens with zero attached hydrogens (tertiary/aromatic N) is 1. The van der Waals surface area contributed by atoms with Crippen molar-refractivity contribution < 1.29 is 28.5 Å². The summed E-state index contributed by atoms with van der Waals surface area (Å²) in [5.41, 5.74) is 14.2. The van der Waals surface area contributed by atoms with E-state index in [0.29, 0.717) is 11.5 Å². The lowest BCUT2D eigenvalue weighted by Gasteiger charge is -2.27. The molecule has 326 valence electrons. The highest BCUT2D eigenvalue weighted by atomic mass is 16.5. The van der Waals surface area contributed by atoms with Gasteiger partial charge in [-0.1, -0.05) is 110 Å². The Kier molecular flexibility index (Phi) is 14.9. The lowest BCUT2D eigenvalue weighted by atomic mass is 9.77. The summed E-state index contributed by atoms with van der Waals surface area (Å²) in [5, 5.41) is 0. The van der Waals surface area contributed by atoms with E-state index in [1.54, 1.807) is 14.2 Å². The molecule has 0 N–H and O–H groups in total. The Bertz CT molecular complexity index is 2670. The number of benzene rings is 7. The van der Waals surface area contributed by atoms with Gasteiger partial charge in [0.1, 0.15) is 23.0 Å². The van der Waals surface area contributed by atoms with Crippen molar-refractivity contribution in [3.05, 3.63) is 208 Å². The van der Waals surface area contributed by atoms with Crippen molar-refractivity contribution in [2.24, 2.45) is 0 Å². The van der Waals surface area contributed by atoms with Crippen LogP contribution >= 0.6 is 0 Å². The Balaban J connectivity index is 0.000000251. The molecule has 0 bridgehead atoms. The van der Waals surface area contributed by atoms with Crippen LogP contribution in [0.5, 0.6) is 23.0 Å². The largest absolute Gasteiger partial charge is 0.497 e. The zero-order valence-electron chi connectivity index (χ0n) is 38.5. The van der Waals surface area contributed by atoms with Crippen LogP contribution in [0, 0.1) is 27.7 Å². The highest BCUT2D eigenvalue weighted by Crippen LogP contribution is 2.38. The number of carbonyl (C=O) groups is 2. The third-order valence-electron chi connectivity index (χ3n) is 11.1. The molecular weight excluding hydrogens is 795 g/mol. The van der Waals surface area contributed by atoms with Crippen LogP contribution in [0.3, 0.4) is 0 Å². The Morgan fingerprint density at radius 1 is 0.484 bits per heavy atom. The van der Waals surface area contributed by atoms with Gasteiger partial charge in [-0.3, -0.25) is 9.59 Å². The summed E-state index contributed by atoms with van der Waals surface area (Å²) in [5.74, 6) is 2.19. The van der Waals surface area contributed by atoms with E-state index in [0.717, 1.165) is 62.0 Å². The summed E-state index contributed by atoms with van der Waals surface area (Å²) in [6, 6.07) is 53.6. The van der Waals surface area contributed by atoms with E-state index in [4.69, 9.17) is 18.9 Å². The van der Waals surface area contributed by atoms with Crippen LogP contribution < -0.4 is 23.8 Å². The van der Waals surface area contributed by atoms with Crippen molar-refractivity contribution in [2.75, 3.05) is 19.1 Å². The van der Waals surface area contributed by atoms with Crippen molar-refractivity contribution >= 4 is 40.6 Å². The van der Waals surface area contributed by atoms with Crippen molar-refractivity contribution in [1.82, 2.24) is 0 Å². The van der Waals surface area contributed by atoms with Gasteiger partial charge in [0.2, 0.25) is 0 Å². The standard InChI is InChI=1S/C37H33NO3.C20H24O3/c1-26-5-15-32(16-6-26)38(33-17-7-27(2)8-18-33)34-19-9-29(10-20-34)25-37(30-11-21-35(40-4)22-12-30)31-13-23-36(24-14-31)41-28(3)39;1-13-11-16(7-9-18(13)22-6)20(4,5)17-8-10-19(14(2)12-17)23-15(3)21/h5-25H,1-4H3;7-12H,1-6H3. The zero-order valence-corrected chi connectivity index (χ0v) is 38.5. The summed E-state index contributed by atoms with van der Waals surface area (Å²) in [6.07, 6.45) is 2.18. The maximum absolute atomic E-state index is 11.4. The molecule has 0 atom stereocenters. The molecule has 0 saturated carbocycles. The topological polar surface area (TPSA) is 74.3 Å². The third-order valence-corrected chi connectivity index (χ3v) is 11.1. The van der Waals surface area contributed by atoms with Gasteiger partial charge in [-0.15, -0.1) is 0 Å². The smallest absolute Gasteiger partial charge is 0.308 e. The first kappa shape index (κ1) is 46.1. The summed E-state index contributed by atoms with van der Waals surface area (Å²) >= 11 is 0. The number of ether oxygens (including phenoxy) is 4. The lowest BCUT2D eigenvalue weighted by Crippen LogP contribution is -2.19. The van der Waals surface area contributed by atoms with E-state index in [-0.39, 0.29) is 17.4 Å². The first-order valence-electron chi connectivity index (χ1n) is 21.3. The van der Waals surface area contributed by atoms with Crippen LogP contribution in [0.1, 0.15) is 77.8 Å². The molecule has 0 amide bonds. The summed E-state index contributed by atoms with van der Waals surface area (Å²) in [4.78, 5) is 24.8. The molecule has 0 unspecified atom stereocenters. The molecule has 0 spiro atoms. The molecule has 0 saturated heterocycles. The SMILES string of the molecule is COc1ccc(C(=Cc2ccc(N(c3ccc(C)cc3)c3ccc(C)cc3)cc2)c2ccc(OC(C)=O)cc2)cc1.COc1ccc(C(C)(C)c2ccc(OC(C)=O)c(C)c2)cc1C. The Hall–Kier alpha value is -7.38. The van der Waals surface area contributed by atoms with E-state index in [2.05, 4.69) is 142 Å². The second-order valence-electron chi connectivity index (χ2n) is 16.4. The minimum absolute atomic E-state index is 0.156. The molecule has 0 aliphatic heterocycles. The van der Waals surface area contributed by atoms with E-state index in [1.165, 1.54) is 36.1 Å². The maximum Gasteiger partial charge on any atom is 0.308 e. The molecule has 7 nitrogen and oxygen atoms in total. The normalized spacial score (nSPS) is 11.2. The number of hydrogen-bond acceptors (Lipinski definition) is 7. The molecule has 0 aromatic heterocycles. The molecule has 0 heterocycles. The van der Waals surface area contributed by atoms with Crippen LogP contribution in [0.4, 0.5) is 17.1 Å². The van der Waals surface area contributed by atoms with Gasteiger partial charge in [0, 0.05) is 36.3 Å². The van der Waals surface area contributed by atoms with Gasteiger partial charge in [-0.2, -0.15) is 0 Å². The minimum atomic E-state index is -0.339. The number of anilines is 3. The fraction of sp³-hybridized carbons (Fsp3) is 0.193. The van der Waals surface area contributed by atoms with E-state index in [9.17, 15) is 9.59 Å². The summed E-state index contributed by atoms with van der Waals surface area (Å²) in [7, 11) is 3.35. The Morgan fingerprint density at radius 3 is 1.31 bits per heavy atom. The lowest BCUT2D eigenvalue weighted by molar-refractivity contribution is -0.132. The molecule has 0 aliphatic rings. The van der Waals surface area contributed by atoms with Crippen molar-refractivity contribution in [3.8, 4) is 23.0 Å². The van der Waals surface area contributed by atoms with Gasteiger partial charge in [0.25, 0.3) is 0 Å². The summed E-state index contributed by atoms with van der Waals surface area (Å²) in [6.45, 7) is 15.4. The van der Waals surface area contributed by atoms with Gasteiger partial charge in [0.05, 0.1) is 14.2 Å². The van der Waals surface area contributed by atoms with E-state index >= 15 is 0 Å². The molecule has 64 heavy (non-hydrogen) atoms. The van der Waals surface area contributed by atoms with Gasteiger partial charge in [-0.05, 0) is 151 Å².